The Morgan fingerprint density at radius 3 is 2.75 bits per heavy atom. The molecular weight excluding hydrogens is 340 g/mol. The van der Waals surface area contributed by atoms with Crippen molar-refractivity contribution < 1.29 is 9.32 Å². The van der Waals surface area contributed by atoms with Crippen LogP contribution in [0.1, 0.15) is 25.0 Å². The van der Waals surface area contributed by atoms with Gasteiger partial charge in [0, 0.05) is 40.9 Å². The maximum atomic E-state index is 13.3. The fourth-order valence-corrected chi connectivity index (χ4v) is 8.18. The molecule has 0 aliphatic carbocycles. The molecule has 0 radical (unpaired) electrons. The zero-order valence-electron chi connectivity index (χ0n) is 14.0. The molecule has 6 heteroatoms. The van der Waals surface area contributed by atoms with Crippen molar-refractivity contribution in [3.63, 3.8) is 0 Å². The van der Waals surface area contributed by atoms with Crippen molar-refractivity contribution in [3.8, 4) is 0 Å². The van der Waals surface area contributed by atoms with Crippen LogP contribution in [0.25, 0.3) is 10.9 Å². The quantitative estimate of drug-likeness (QED) is 0.860. The van der Waals surface area contributed by atoms with Gasteiger partial charge in [-0.15, -0.1) is 11.8 Å². The zero-order chi connectivity index (χ0) is 16.8. The first-order chi connectivity index (χ1) is 11.6. The van der Waals surface area contributed by atoms with Gasteiger partial charge in [-0.05, 0) is 49.6 Å². The Morgan fingerprint density at radius 2 is 2.04 bits per heavy atom. The Bertz CT molecular complexity index is 734. The molecule has 130 valence electrons. The summed E-state index contributed by atoms with van der Waals surface area (Å²) in [5.41, 5.74) is 1.04. The molecule has 2 aromatic rings. The summed E-state index contributed by atoms with van der Waals surface area (Å²) in [5.74, 6) is 1.61. The number of piperidine rings is 1. The molecule has 0 spiro atoms. The molecule has 0 bridgehead atoms. The molecule has 0 amide bonds. The summed E-state index contributed by atoms with van der Waals surface area (Å²) >= 11 is 1.69. The second kappa shape index (κ2) is 6.16. The number of nitrogens with zero attached hydrogens (tertiary/aromatic N) is 1. The van der Waals surface area contributed by atoms with Crippen LogP contribution >= 0.6 is 11.8 Å². The first kappa shape index (κ1) is 16.6. The predicted molar refractivity (Wildman–Crippen MR) is 102 cm³/mol. The predicted octanol–water partition coefficient (Wildman–Crippen LogP) is 2.66. The standard InChI is InChI=1S/C18H24N2O2S2/c1-20-9-7-17(21,8-10-20)18(23-11-4-12-24(18)22)16-13-14-5-2-3-6-15(14)19-16/h2-3,5-6,13,19,21H,4,7-12H2,1H3. The molecule has 2 saturated heterocycles. The van der Waals surface area contributed by atoms with Gasteiger partial charge in [0.15, 0.2) is 4.08 Å². The Labute approximate surface area is 149 Å². The molecule has 2 aliphatic heterocycles. The van der Waals surface area contributed by atoms with Gasteiger partial charge in [0.1, 0.15) is 0 Å². The van der Waals surface area contributed by atoms with Crippen LogP contribution in [0.4, 0.5) is 0 Å². The Kier molecular flexibility index (Phi) is 4.27. The van der Waals surface area contributed by atoms with Crippen molar-refractivity contribution in [2.75, 3.05) is 31.6 Å². The minimum atomic E-state index is -1.10. The normalized spacial score (nSPS) is 31.3. The number of thioether (sulfide) groups is 1. The Morgan fingerprint density at radius 1 is 1.29 bits per heavy atom. The largest absolute Gasteiger partial charge is 0.387 e. The van der Waals surface area contributed by atoms with E-state index in [4.69, 9.17) is 0 Å². The molecular formula is C18H24N2O2S2. The number of para-hydroxylation sites is 1. The molecule has 4 nitrogen and oxygen atoms in total. The topological polar surface area (TPSA) is 56.3 Å². The lowest BCUT2D eigenvalue weighted by Crippen LogP contribution is -2.59. The maximum Gasteiger partial charge on any atom is 0.159 e. The van der Waals surface area contributed by atoms with Crippen LogP contribution in [0.15, 0.2) is 30.3 Å². The second-order valence-electron chi connectivity index (χ2n) is 6.97. The van der Waals surface area contributed by atoms with E-state index in [-0.39, 0.29) is 0 Å². The van der Waals surface area contributed by atoms with Gasteiger partial charge in [-0.3, -0.25) is 4.21 Å². The number of H-pyrrole nitrogens is 1. The highest BCUT2D eigenvalue weighted by atomic mass is 32.2. The lowest BCUT2D eigenvalue weighted by Gasteiger charge is -2.50. The van der Waals surface area contributed by atoms with E-state index in [0.717, 1.165) is 41.9 Å². The highest BCUT2D eigenvalue weighted by molar-refractivity contribution is 8.12. The number of aliphatic hydroxyl groups is 1. The fraction of sp³-hybridized carbons (Fsp3) is 0.556. The molecule has 24 heavy (non-hydrogen) atoms. The van der Waals surface area contributed by atoms with Gasteiger partial charge in [0.25, 0.3) is 0 Å². The van der Waals surface area contributed by atoms with Crippen molar-refractivity contribution in [1.82, 2.24) is 9.88 Å². The Balaban J connectivity index is 1.86. The molecule has 2 aliphatic rings. The van der Waals surface area contributed by atoms with Crippen LogP contribution < -0.4 is 0 Å². The number of aromatic amines is 1. The first-order valence-corrected chi connectivity index (χ1v) is 10.9. The van der Waals surface area contributed by atoms with Crippen molar-refractivity contribution in [1.29, 1.82) is 0 Å². The number of benzene rings is 1. The van der Waals surface area contributed by atoms with Gasteiger partial charge in [-0.2, -0.15) is 0 Å². The van der Waals surface area contributed by atoms with Crippen LogP contribution in [0.2, 0.25) is 0 Å². The van der Waals surface area contributed by atoms with Gasteiger partial charge in [-0.1, -0.05) is 18.2 Å². The number of fused-ring (bicyclic) bond motifs is 1. The van der Waals surface area contributed by atoms with E-state index in [9.17, 15) is 9.32 Å². The summed E-state index contributed by atoms with van der Waals surface area (Å²) in [7, 11) is 0.984. The average Bonchev–Trinajstić information content (AvgIpc) is 3.02. The number of rotatable bonds is 2. The maximum absolute atomic E-state index is 13.3. The molecule has 2 N–H and O–H groups in total. The van der Waals surface area contributed by atoms with Gasteiger partial charge < -0.3 is 15.0 Å². The lowest BCUT2D eigenvalue weighted by molar-refractivity contribution is -0.0285. The van der Waals surface area contributed by atoms with Crippen LogP contribution in [0, 0.1) is 0 Å². The van der Waals surface area contributed by atoms with Gasteiger partial charge in [0.05, 0.1) is 5.60 Å². The smallest absolute Gasteiger partial charge is 0.159 e. The highest BCUT2D eigenvalue weighted by Crippen LogP contribution is 2.54. The third-order valence-corrected chi connectivity index (χ3v) is 9.72. The molecule has 4 rings (SSSR count). The summed E-state index contributed by atoms with van der Waals surface area (Å²) in [4.78, 5) is 5.72. The van der Waals surface area contributed by atoms with Crippen LogP contribution in [0.5, 0.6) is 0 Å². The van der Waals surface area contributed by atoms with Crippen molar-refractivity contribution in [2.45, 2.75) is 28.9 Å². The van der Waals surface area contributed by atoms with Gasteiger partial charge >= 0.3 is 0 Å². The van der Waals surface area contributed by atoms with E-state index in [1.807, 2.05) is 18.2 Å². The van der Waals surface area contributed by atoms with Crippen molar-refractivity contribution in [2.24, 2.45) is 0 Å². The van der Waals surface area contributed by atoms with Gasteiger partial charge in [-0.25, -0.2) is 0 Å². The summed E-state index contributed by atoms with van der Waals surface area (Å²) < 4.78 is 12.5. The Hall–Kier alpha value is -0.820. The number of nitrogens with one attached hydrogen (secondary N) is 1. The van der Waals surface area contributed by atoms with Crippen LogP contribution in [-0.2, 0) is 14.9 Å². The molecule has 3 heterocycles. The SMILES string of the molecule is CN1CCC(O)(C2(c3cc4ccccc4[nH]3)SCCCS2=O)CC1. The average molecular weight is 365 g/mol. The molecule has 1 aromatic heterocycles. The number of hydrogen-bond acceptors (Lipinski definition) is 4. The number of hydrogen-bond donors (Lipinski definition) is 2. The third kappa shape index (κ3) is 2.46. The molecule has 2 atom stereocenters. The van der Waals surface area contributed by atoms with E-state index in [0.29, 0.717) is 18.6 Å². The van der Waals surface area contributed by atoms with E-state index >= 15 is 0 Å². The van der Waals surface area contributed by atoms with Crippen LogP contribution in [0.3, 0.4) is 0 Å². The highest BCUT2D eigenvalue weighted by Gasteiger charge is 2.58. The number of aromatic nitrogens is 1. The first-order valence-electron chi connectivity index (χ1n) is 8.57. The minimum absolute atomic E-state index is 0.664. The lowest BCUT2D eigenvalue weighted by atomic mass is 9.86. The molecule has 2 fully saturated rings. The molecule has 1 aromatic carbocycles. The van der Waals surface area contributed by atoms with E-state index < -0.39 is 20.5 Å². The fourth-order valence-electron chi connectivity index (χ4n) is 3.98. The van der Waals surface area contributed by atoms with Crippen LogP contribution in [-0.4, -0.2) is 56.4 Å². The van der Waals surface area contributed by atoms with Crippen molar-refractivity contribution in [3.05, 3.63) is 36.0 Å². The number of likely N-dealkylation sites (tertiary alicyclic amines) is 1. The summed E-state index contributed by atoms with van der Waals surface area (Å²) in [6, 6.07) is 10.2. The monoisotopic (exact) mass is 364 g/mol. The van der Waals surface area contributed by atoms with E-state index in [1.165, 1.54) is 0 Å². The summed E-state index contributed by atoms with van der Waals surface area (Å²) in [6.07, 6.45) is 2.28. The van der Waals surface area contributed by atoms with Crippen molar-refractivity contribution >= 4 is 33.5 Å². The molecule has 0 saturated carbocycles. The zero-order valence-corrected chi connectivity index (χ0v) is 15.6. The van der Waals surface area contributed by atoms with E-state index in [1.54, 1.807) is 11.8 Å². The third-order valence-electron chi connectivity index (χ3n) is 5.41. The van der Waals surface area contributed by atoms with E-state index in [2.05, 4.69) is 29.1 Å². The molecule has 2 unspecified atom stereocenters. The minimum Gasteiger partial charge on any atom is -0.387 e. The summed E-state index contributed by atoms with van der Waals surface area (Å²) in [6.45, 7) is 1.69. The van der Waals surface area contributed by atoms with Gasteiger partial charge in [0.2, 0.25) is 0 Å². The second-order valence-corrected chi connectivity index (χ2v) is 10.3. The summed E-state index contributed by atoms with van der Waals surface area (Å²) in [5, 5.41) is 12.8.